The number of benzene rings is 1. The lowest BCUT2D eigenvalue weighted by atomic mass is 9.99. The number of carbonyl (C=O) groups is 1. The molecule has 0 amide bonds. The number of nitrogens with zero attached hydrogens (tertiary/aromatic N) is 2. The van der Waals surface area contributed by atoms with Crippen LogP contribution in [0.2, 0.25) is 0 Å². The zero-order valence-corrected chi connectivity index (χ0v) is 11.7. The average Bonchev–Trinajstić information content (AvgIpc) is 2.37. The van der Waals surface area contributed by atoms with Crippen molar-refractivity contribution in [3.05, 3.63) is 29.3 Å². The monoisotopic (exact) mass is 262 g/mol. The van der Waals surface area contributed by atoms with Crippen molar-refractivity contribution in [2.24, 2.45) is 0 Å². The number of aryl methyl sites for hydroxylation is 1. The number of likely N-dealkylation sites (N-methyl/N-ethyl adjacent to an activating group) is 1. The van der Waals surface area contributed by atoms with E-state index in [0.717, 1.165) is 19.5 Å². The number of anilines is 1. The minimum Gasteiger partial charge on any atom is -0.480 e. The zero-order chi connectivity index (χ0) is 13.8. The van der Waals surface area contributed by atoms with Crippen LogP contribution < -0.4 is 4.90 Å². The summed E-state index contributed by atoms with van der Waals surface area (Å²) in [6.45, 7) is 4.68. The van der Waals surface area contributed by atoms with Gasteiger partial charge in [0.2, 0.25) is 0 Å². The normalized spacial score (nSPS) is 14.6. The lowest BCUT2D eigenvalue weighted by Crippen LogP contribution is -2.29. The van der Waals surface area contributed by atoms with Gasteiger partial charge in [0.1, 0.15) is 0 Å². The van der Waals surface area contributed by atoms with Crippen molar-refractivity contribution in [3.63, 3.8) is 0 Å². The summed E-state index contributed by atoms with van der Waals surface area (Å²) in [4.78, 5) is 15.0. The molecule has 1 aromatic rings. The van der Waals surface area contributed by atoms with Gasteiger partial charge < -0.3 is 10.0 Å². The van der Waals surface area contributed by atoms with Crippen LogP contribution in [0.3, 0.4) is 0 Å². The molecule has 4 heteroatoms. The van der Waals surface area contributed by atoms with Crippen molar-refractivity contribution in [1.82, 2.24) is 4.90 Å². The molecular weight excluding hydrogens is 240 g/mol. The van der Waals surface area contributed by atoms with Crippen molar-refractivity contribution in [1.29, 1.82) is 0 Å². The van der Waals surface area contributed by atoms with E-state index in [1.165, 1.54) is 23.2 Å². The minimum atomic E-state index is -0.764. The van der Waals surface area contributed by atoms with E-state index in [-0.39, 0.29) is 6.54 Å². The molecule has 0 saturated heterocycles. The van der Waals surface area contributed by atoms with Gasteiger partial charge in [0.25, 0.3) is 0 Å². The van der Waals surface area contributed by atoms with Crippen molar-refractivity contribution in [2.45, 2.75) is 26.3 Å². The summed E-state index contributed by atoms with van der Waals surface area (Å²) < 4.78 is 0. The first-order chi connectivity index (χ1) is 9.10. The van der Waals surface area contributed by atoms with Crippen molar-refractivity contribution >= 4 is 11.7 Å². The predicted molar refractivity (Wildman–Crippen MR) is 76.6 cm³/mol. The fourth-order valence-corrected chi connectivity index (χ4v) is 2.67. The summed E-state index contributed by atoms with van der Waals surface area (Å²) in [5.41, 5.74) is 3.91. The van der Waals surface area contributed by atoms with Crippen LogP contribution in [-0.2, 0) is 17.8 Å². The van der Waals surface area contributed by atoms with E-state index in [2.05, 4.69) is 30.1 Å². The molecule has 0 aliphatic carbocycles. The van der Waals surface area contributed by atoms with Crippen molar-refractivity contribution in [2.75, 3.05) is 31.6 Å². The van der Waals surface area contributed by atoms with Crippen molar-refractivity contribution < 1.29 is 9.90 Å². The Morgan fingerprint density at radius 2 is 2.26 bits per heavy atom. The summed E-state index contributed by atoms with van der Waals surface area (Å²) in [5, 5.41) is 8.87. The fraction of sp³-hybridized carbons (Fsp3) is 0.533. The van der Waals surface area contributed by atoms with Crippen LogP contribution >= 0.6 is 0 Å². The molecule has 0 atom stereocenters. The second kappa shape index (κ2) is 6.06. The molecule has 1 aromatic carbocycles. The molecule has 1 aliphatic heterocycles. The molecule has 2 rings (SSSR count). The highest BCUT2D eigenvalue weighted by Gasteiger charge is 2.15. The SMILES string of the molecule is CCN(CC(=O)O)Cc1ccc2c(c1)CCCN2C. The topological polar surface area (TPSA) is 43.8 Å². The van der Waals surface area contributed by atoms with Gasteiger partial charge in [-0.2, -0.15) is 0 Å². The lowest BCUT2D eigenvalue weighted by Gasteiger charge is -2.28. The molecule has 0 unspecified atom stereocenters. The third-order valence-electron chi connectivity index (χ3n) is 3.71. The third-order valence-corrected chi connectivity index (χ3v) is 3.71. The number of hydrogen-bond donors (Lipinski definition) is 1. The van der Waals surface area contributed by atoms with Crippen LogP contribution in [-0.4, -0.2) is 42.7 Å². The highest BCUT2D eigenvalue weighted by Crippen LogP contribution is 2.27. The number of hydrogen-bond acceptors (Lipinski definition) is 3. The molecule has 1 aliphatic rings. The summed E-state index contributed by atoms with van der Waals surface area (Å²) in [6, 6.07) is 6.51. The molecule has 1 N–H and O–H groups in total. The smallest absolute Gasteiger partial charge is 0.317 e. The maximum atomic E-state index is 10.8. The van der Waals surface area contributed by atoms with Crippen LogP contribution in [0.1, 0.15) is 24.5 Å². The second-order valence-corrected chi connectivity index (χ2v) is 5.19. The largest absolute Gasteiger partial charge is 0.480 e. The van der Waals surface area contributed by atoms with E-state index in [0.29, 0.717) is 6.54 Å². The maximum Gasteiger partial charge on any atom is 0.317 e. The first-order valence-electron chi connectivity index (χ1n) is 6.87. The van der Waals surface area contributed by atoms with E-state index in [4.69, 9.17) is 5.11 Å². The molecule has 0 aromatic heterocycles. The van der Waals surface area contributed by atoms with Crippen LogP contribution in [0.15, 0.2) is 18.2 Å². The van der Waals surface area contributed by atoms with Gasteiger partial charge in [0.05, 0.1) is 6.54 Å². The number of carboxylic acid groups (broad SMARTS) is 1. The van der Waals surface area contributed by atoms with Gasteiger partial charge in [-0.15, -0.1) is 0 Å². The summed E-state index contributed by atoms with van der Waals surface area (Å²) in [7, 11) is 2.13. The number of carboxylic acids is 1. The van der Waals surface area contributed by atoms with Crippen LogP contribution in [0.4, 0.5) is 5.69 Å². The third kappa shape index (κ3) is 3.47. The van der Waals surface area contributed by atoms with Crippen molar-refractivity contribution in [3.8, 4) is 0 Å². The van der Waals surface area contributed by atoms with E-state index in [9.17, 15) is 4.79 Å². The average molecular weight is 262 g/mol. The molecule has 1 heterocycles. The molecule has 0 radical (unpaired) electrons. The minimum absolute atomic E-state index is 0.105. The molecule has 104 valence electrons. The van der Waals surface area contributed by atoms with Gasteiger partial charge in [0.15, 0.2) is 0 Å². The molecule has 0 fully saturated rings. The fourth-order valence-electron chi connectivity index (χ4n) is 2.67. The molecule has 19 heavy (non-hydrogen) atoms. The Bertz CT molecular complexity index is 459. The highest BCUT2D eigenvalue weighted by molar-refractivity contribution is 5.69. The van der Waals surface area contributed by atoms with E-state index < -0.39 is 5.97 Å². The van der Waals surface area contributed by atoms with Crippen LogP contribution in [0, 0.1) is 0 Å². The Kier molecular flexibility index (Phi) is 4.43. The van der Waals surface area contributed by atoms with Gasteiger partial charge >= 0.3 is 5.97 Å². The van der Waals surface area contributed by atoms with Crippen LogP contribution in [0.5, 0.6) is 0 Å². The van der Waals surface area contributed by atoms with E-state index >= 15 is 0 Å². The summed E-state index contributed by atoms with van der Waals surface area (Å²) >= 11 is 0. The first-order valence-corrected chi connectivity index (χ1v) is 6.87. The first kappa shape index (κ1) is 13.9. The second-order valence-electron chi connectivity index (χ2n) is 5.19. The number of fused-ring (bicyclic) bond motifs is 1. The predicted octanol–water partition coefficient (Wildman–Crippen LogP) is 1.98. The summed E-state index contributed by atoms with van der Waals surface area (Å²) in [6.07, 6.45) is 2.32. The Labute approximate surface area is 114 Å². The van der Waals surface area contributed by atoms with E-state index in [1.807, 2.05) is 11.8 Å². The molecule has 4 nitrogen and oxygen atoms in total. The highest BCUT2D eigenvalue weighted by atomic mass is 16.4. The standard InChI is InChI=1S/C15H22N2O2/c1-3-17(11-15(18)19)10-12-6-7-14-13(9-12)5-4-8-16(14)2/h6-7,9H,3-5,8,10-11H2,1-2H3,(H,18,19). The number of aliphatic carboxylic acids is 1. The van der Waals surface area contributed by atoms with Gasteiger partial charge in [-0.1, -0.05) is 19.1 Å². The molecule has 0 saturated carbocycles. The summed E-state index contributed by atoms with van der Waals surface area (Å²) in [5.74, 6) is -0.764. The molecule has 0 bridgehead atoms. The molecule has 0 spiro atoms. The Balaban J connectivity index is 2.11. The quantitative estimate of drug-likeness (QED) is 0.881. The lowest BCUT2D eigenvalue weighted by molar-refractivity contribution is -0.138. The maximum absolute atomic E-state index is 10.8. The Hall–Kier alpha value is -1.55. The van der Waals surface area contributed by atoms with E-state index in [1.54, 1.807) is 0 Å². The van der Waals surface area contributed by atoms with Gasteiger partial charge in [0, 0.05) is 25.8 Å². The van der Waals surface area contributed by atoms with Gasteiger partial charge in [-0.3, -0.25) is 9.69 Å². The van der Waals surface area contributed by atoms with Gasteiger partial charge in [-0.05, 0) is 36.6 Å². The zero-order valence-electron chi connectivity index (χ0n) is 11.7. The number of rotatable bonds is 5. The van der Waals surface area contributed by atoms with Gasteiger partial charge in [-0.25, -0.2) is 0 Å². The molecular formula is C15H22N2O2. The Morgan fingerprint density at radius 3 is 2.95 bits per heavy atom. The van der Waals surface area contributed by atoms with Crippen LogP contribution in [0.25, 0.3) is 0 Å². The Morgan fingerprint density at radius 1 is 1.47 bits per heavy atom.